The van der Waals surface area contributed by atoms with E-state index in [9.17, 15) is 0 Å². The summed E-state index contributed by atoms with van der Waals surface area (Å²) in [7, 11) is -2.74. The SMILES string of the molecule is c1ccc(-c2cccc3sc4cccc(N(c5ccccc5)c5cccc([Si](c6ccccc6)(c6ccccc6)c6ccccc6)c5)c4c23)cc1. The monoisotopic (exact) mass is 685 g/mol. The second-order valence-electron chi connectivity index (χ2n) is 12.9. The summed E-state index contributed by atoms with van der Waals surface area (Å²) >= 11 is 1.87. The third-order valence-corrected chi connectivity index (χ3v) is 15.9. The van der Waals surface area contributed by atoms with Crippen LogP contribution in [0.2, 0.25) is 0 Å². The molecule has 0 aliphatic rings. The third kappa shape index (κ3) is 5.39. The van der Waals surface area contributed by atoms with Crippen LogP contribution in [0.4, 0.5) is 17.1 Å². The van der Waals surface area contributed by atoms with E-state index in [-0.39, 0.29) is 0 Å². The number of anilines is 3. The lowest BCUT2D eigenvalue weighted by Crippen LogP contribution is -2.74. The van der Waals surface area contributed by atoms with Crippen LogP contribution in [0.1, 0.15) is 0 Å². The van der Waals surface area contributed by atoms with E-state index >= 15 is 0 Å². The molecule has 9 rings (SSSR count). The molecule has 9 aromatic rings. The molecule has 3 heteroatoms. The van der Waals surface area contributed by atoms with Gasteiger partial charge in [-0.2, -0.15) is 0 Å². The molecule has 1 heterocycles. The highest BCUT2D eigenvalue weighted by Crippen LogP contribution is 2.47. The summed E-state index contributed by atoms with van der Waals surface area (Å²) in [6.07, 6.45) is 0. The number of rotatable bonds is 8. The number of hydrogen-bond acceptors (Lipinski definition) is 2. The maximum atomic E-state index is 2.47. The highest BCUT2D eigenvalue weighted by Gasteiger charge is 2.41. The first kappa shape index (κ1) is 31.0. The summed E-state index contributed by atoms with van der Waals surface area (Å²) in [5.74, 6) is 0. The van der Waals surface area contributed by atoms with Crippen molar-refractivity contribution < 1.29 is 0 Å². The highest BCUT2D eigenvalue weighted by molar-refractivity contribution is 7.26. The third-order valence-electron chi connectivity index (χ3n) is 10.00. The van der Waals surface area contributed by atoms with Crippen LogP contribution in [0.25, 0.3) is 31.3 Å². The van der Waals surface area contributed by atoms with Crippen molar-refractivity contribution in [1.82, 2.24) is 0 Å². The van der Waals surface area contributed by atoms with Gasteiger partial charge in [0.25, 0.3) is 0 Å². The van der Waals surface area contributed by atoms with Gasteiger partial charge < -0.3 is 4.90 Å². The Labute approximate surface area is 304 Å². The number of fused-ring (bicyclic) bond motifs is 3. The molecule has 0 amide bonds. The molecule has 0 N–H and O–H groups in total. The lowest BCUT2D eigenvalue weighted by molar-refractivity contribution is 1.30. The van der Waals surface area contributed by atoms with Gasteiger partial charge in [0.05, 0.1) is 5.69 Å². The number of nitrogens with zero attached hydrogens (tertiary/aromatic N) is 1. The van der Waals surface area contributed by atoms with E-state index in [0.29, 0.717) is 0 Å². The molecule has 51 heavy (non-hydrogen) atoms. The average Bonchev–Trinajstić information content (AvgIpc) is 3.60. The zero-order chi connectivity index (χ0) is 34.0. The molecule has 0 fully saturated rings. The minimum absolute atomic E-state index is 1.13. The van der Waals surface area contributed by atoms with E-state index in [0.717, 1.165) is 11.4 Å². The number of hydrogen-bond donors (Lipinski definition) is 0. The Kier molecular flexibility index (Phi) is 8.13. The topological polar surface area (TPSA) is 3.24 Å². The van der Waals surface area contributed by atoms with Crippen LogP contribution in [0, 0.1) is 0 Å². The minimum Gasteiger partial charge on any atom is -0.310 e. The van der Waals surface area contributed by atoms with Crippen LogP contribution < -0.4 is 25.6 Å². The van der Waals surface area contributed by atoms with Crippen LogP contribution >= 0.6 is 11.3 Å². The molecule has 0 unspecified atom stereocenters. The lowest BCUT2D eigenvalue weighted by atomic mass is 9.98. The summed E-state index contributed by atoms with van der Waals surface area (Å²) in [6.45, 7) is 0. The second kappa shape index (κ2) is 13.4. The van der Waals surface area contributed by atoms with Gasteiger partial charge in [-0.3, -0.25) is 0 Å². The zero-order valence-electron chi connectivity index (χ0n) is 28.1. The quantitative estimate of drug-likeness (QED) is 0.114. The summed E-state index contributed by atoms with van der Waals surface area (Å²) in [5, 5.41) is 8.02. The first-order valence-electron chi connectivity index (χ1n) is 17.4. The van der Waals surface area contributed by atoms with Gasteiger partial charge >= 0.3 is 0 Å². The summed E-state index contributed by atoms with van der Waals surface area (Å²) in [4.78, 5) is 2.47. The van der Waals surface area contributed by atoms with Crippen molar-refractivity contribution in [2.45, 2.75) is 0 Å². The number of para-hydroxylation sites is 1. The molecular weight excluding hydrogens is 651 g/mol. The Hall–Kier alpha value is -6.00. The molecule has 0 spiro atoms. The second-order valence-corrected chi connectivity index (χ2v) is 17.8. The van der Waals surface area contributed by atoms with Gasteiger partial charge in [-0.15, -0.1) is 11.3 Å². The molecule has 8 aromatic carbocycles. The molecule has 0 saturated heterocycles. The van der Waals surface area contributed by atoms with Crippen molar-refractivity contribution in [1.29, 1.82) is 0 Å². The molecule has 0 aliphatic heterocycles. The van der Waals surface area contributed by atoms with Gasteiger partial charge in [0.1, 0.15) is 0 Å². The van der Waals surface area contributed by atoms with Crippen molar-refractivity contribution in [2.75, 3.05) is 4.90 Å². The predicted molar refractivity (Wildman–Crippen MR) is 223 cm³/mol. The lowest BCUT2D eigenvalue weighted by Gasteiger charge is -2.35. The molecule has 0 atom stereocenters. The van der Waals surface area contributed by atoms with Crippen LogP contribution in [0.15, 0.2) is 212 Å². The van der Waals surface area contributed by atoms with Crippen LogP contribution in [-0.2, 0) is 0 Å². The van der Waals surface area contributed by atoms with Crippen molar-refractivity contribution in [3.05, 3.63) is 212 Å². The molecule has 1 nitrogen and oxygen atoms in total. The fourth-order valence-corrected chi connectivity index (χ4v) is 13.8. The highest BCUT2D eigenvalue weighted by atomic mass is 32.1. The largest absolute Gasteiger partial charge is 0.310 e. The van der Waals surface area contributed by atoms with E-state index < -0.39 is 8.07 Å². The molecule has 0 radical (unpaired) electrons. The summed E-state index contributed by atoms with van der Waals surface area (Å²) in [6, 6.07) is 78.0. The zero-order valence-corrected chi connectivity index (χ0v) is 29.9. The van der Waals surface area contributed by atoms with Crippen molar-refractivity contribution in [3.8, 4) is 11.1 Å². The standard InChI is InChI=1S/C48H35NSSi/c1-6-19-36(20-7-1)43-31-17-33-45-47(43)48-44(32-18-34-46(48)50-45)49(37-21-8-2-9-22-37)38-23-16-30-42(35-38)51(39-24-10-3-11-25-39,40-26-12-4-13-27-40)41-28-14-5-15-29-41/h1-35H. The van der Waals surface area contributed by atoms with Gasteiger partial charge in [-0.25, -0.2) is 0 Å². The van der Waals surface area contributed by atoms with E-state index in [2.05, 4.69) is 217 Å². The molecule has 1 aromatic heterocycles. The Morgan fingerprint density at radius 1 is 0.353 bits per heavy atom. The first-order chi connectivity index (χ1) is 25.3. The fourth-order valence-electron chi connectivity index (χ4n) is 7.84. The molecule has 0 saturated carbocycles. The Morgan fingerprint density at radius 2 is 0.804 bits per heavy atom. The number of benzene rings is 8. The summed E-state index contributed by atoms with van der Waals surface area (Å²) < 4.78 is 2.58. The predicted octanol–water partition coefficient (Wildman–Crippen LogP) is 10.6. The summed E-state index contributed by atoms with van der Waals surface area (Å²) in [5.41, 5.74) is 5.94. The van der Waals surface area contributed by atoms with Gasteiger partial charge in [-0.05, 0) is 74.3 Å². The van der Waals surface area contributed by atoms with Crippen LogP contribution in [-0.4, -0.2) is 8.07 Å². The maximum Gasteiger partial charge on any atom is 0.179 e. The van der Waals surface area contributed by atoms with Crippen LogP contribution in [0.5, 0.6) is 0 Å². The Balaban J connectivity index is 1.34. The smallest absolute Gasteiger partial charge is 0.179 e. The van der Waals surface area contributed by atoms with Crippen molar-refractivity contribution in [2.24, 2.45) is 0 Å². The van der Waals surface area contributed by atoms with Gasteiger partial charge in [0.15, 0.2) is 8.07 Å². The Bertz CT molecular complexity index is 2470. The first-order valence-corrected chi connectivity index (χ1v) is 20.3. The van der Waals surface area contributed by atoms with E-state index in [1.165, 1.54) is 57.7 Å². The van der Waals surface area contributed by atoms with Gasteiger partial charge in [-0.1, -0.05) is 170 Å². The van der Waals surface area contributed by atoms with E-state index in [1.54, 1.807) is 0 Å². The maximum absolute atomic E-state index is 2.74. The van der Waals surface area contributed by atoms with Gasteiger partial charge in [0.2, 0.25) is 0 Å². The molecule has 0 aliphatic carbocycles. The molecule has 242 valence electrons. The Morgan fingerprint density at radius 3 is 1.39 bits per heavy atom. The normalized spacial score (nSPS) is 11.5. The number of thiophene rings is 1. The van der Waals surface area contributed by atoms with Crippen molar-refractivity contribution in [3.63, 3.8) is 0 Å². The molecular formula is C48H35NSSi. The van der Waals surface area contributed by atoms with E-state index in [1.807, 2.05) is 11.3 Å². The van der Waals surface area contributed by atoms with Gasteiger partial charge in [0, 0.05) is 31.5 Å². The van der Waals surface area contributed by atoms with Crippen molar-refractivity contribution >= 4 is 77.4 Å². The minimum atomic E-state index is -2.74. The van der Waals surface area contributed by atoms with E-state index in [4.69, 9.17) is 0 Å². The van der Waals surface area contributed by atoms with Crippen LogP contribution in [0.3, 0.4) is 0 Å². The average molecular weight is 686 g/mol. The molecule has 0 bridgehead atoms. The fraction of sp³-hybridized carbons (Fsp3) is 0.